The van der Waals surface area contributed by atoms with Crippen molar-refractivity contribution >= 4 is 17.3 Å². The van der Waals surface area contributed by atoms with Gasteiger partial charge in [-0.25, -0.2) is 0 Å². The number of carboxylic acid groups (broad SMARTS) is 1. The van der Waals surface area contributed by atoms with Crippen molar-refractivity contribution in [2.24, 2.45) is 5.92 Å². The standard InChI is InChI=1S/C13H16N2O5/c1-20-10-4-5-11(12(6-10)15(18)19)14(8-13(16)17)7-9-2-3-9/h4-6,9H,2-3,7-8H2,1H3,(H,16,17). The second kappa shape index (κ2) is 5.77. The first-order chi connectivity index (χ1) is 9.51. The minimum Gasteiger partial charge on any atom is -0.496 e. The molecule has 1 aromatic carbocycles. The zero-order valence-corrected chi connectivity index (χ0v) is 11.1. The summed E-state index contributed by atoms with van der Waals surface area (Å²) in [6.45, 7) is 0.281. The summed E-state index contributed by atoms with van der Waals surface area (Å²) in [7, 11) is 1.43. The normalized spacial score (nSPS) is 13.8. The summed E-state index contributed by atoms with van der Waals surface area (Å²) in [5, 5.41) is 20.1. The lowest BCUT2D eigenvalue weighted by molar-refractivity contribution is -0.384. The summed E-state index contributed by atoms with van der Waals surface area (Å²) in [4.78, 5) is 23.1. The predicted octanol–water partition coefficient (Wildman–Crippen LogP) is 1.90. The molecule has 0 heterocycles. The zero-order valence-electron chi connectivity index (χ0n) is 11.1. The second-order valence-corrected chi connectivity index (χ2v) is 4.83. The molecule has 0 spiro atoms. The molecule has 20 heavy (non-hydrogen) atoms. The van der Waals surface area contributed by atoms with Crippen molar-refractivity contribution in [3.63, 3.8) is 0 Å². The van der Waals surface area contributed by atoms with Gasteiger partial charge in [0.2, 0.25) is 0 Å². The topological polar surface area (TPSA) is 92.9 Å². The number of nitro benzene ring substituents is 1. The summed E-state index contributed by atoms with van der Waals surface area (Å²) in [5.41, 5.74) is 0.191. The number of benzene rings is 1. The van der Waals surface area contributed by atoms with Crippen LogP contribution in [0.15, 0.2) is 18.2 Å². The van der Waals surface area contributed by atoms with Crippen molar-refractivity contribution in [2.45, 2.75) is 12.8 Å². The second-order valence-electron chi connectivity index (χ2n) is 4.83. The van der Waals surface area contributed by atoms with Crippen molar-refractivity contribution in [3.05, 3.63) is 28.3 Å². The van der Waals surface area contributed by atoms with E-state index in [1.165, 1.54) is 13.2 Å². The van der Waals surface area contributed by atoms with E-state index in [4.69, 9.17) is 9.84 Å². The van der Waals surface area contributed by atoms with Gasteiger partial charge in [0.1, 0.15) is 18.0 Å². The fraction of sp³-hybridized carbons (Fsp3) is 0.462. The Morgan fingerprint density at radius 2 is 2.25 bits per heavy atom. The Morgan fingerprint density at radius 3 is 2.75 bits per heavy atom. The molecule has 2 rings (SSSR count). The van der Waals surface area contributed by atoms with E-state index in [0.717, 1.165) is 12.8 Å². The van der Waals surface area contributed by atoms with Crippen LogP contribution in [0.5, 0.6) is 5.75 Å². The lowest BCUT2D eigenvalue weighted by atomic mass is 10.2. The summed E-state index contributed by atoms with van der Waals surface area (Å²) in [5.74, 6) is -0.200. The van der Waals surface area contributed by atoms with Crippen LogP contribution < -0.4 is 9.64 Å². The van der Waals surface area contributed by atoms with Gasteiger partial charge < -0.3 is 14.7 Å². The average Bonchev–Trinajstić information content (AvgIpc) is 3.20. The van der Waals surface area contributed by atoms with Crippen molar-refractivity contribution in [2.75, 3.05) is 25.1 Å². The molecule has 7 nitrogen and oxygen atoms in total. The summed E-state index contributed by atoms with van der Waals surface area (Å²) >= 11 is 0. The molecule has 1 aliphatic rings. The molecule has 0 unspecified atom stereocenters. The molecule has 0 bridgehead atoms. The van der Waals surface area contributed by atoms with Gasteiger partial charge in [-0.1, -0.05) is 0 Å². The molecule has 0 saturated heterocycles. The lowest BCUT2D eigenvalue weighted by Crippen LogP contribution is -2.32. The fourth-order valence-electron chi connectivity index (χ4n) is 2.07. The van der Waals surface area contributed by atoms with E-state index in [9.17, 15) is 14.9 Å². The van der Waals surface area contributed by atoms with E-state index in [-0.39, 0.29) is 12.2 Å². The number of ether oxygens (including phenoxy) is 1. The Hall–Kier alpha value is -2.31. The fourth-order valence-corrected chi connectivity index (χ4v) is 2.07. The van der Waals surface area contributed by atoms with Crippen LogP contribution in [0.2, 0.25) is 0 Å². The van der Waals surface area contributed by atoms with Crippen molar-refractivity contribution in [1.29, 1.82) is 0 Å². The van der Waals surface area contributed by atoms with Gasteiger partial charge in [-0.15, -0.1) is 0 Å². The van der Waals surface area contributed by atoms with Gasteiger partial charge in [-0.2, -0.15) is 0 Å². The van der Waals surface area contributed by atoms with Gasteiger partial charge >= 0.3 is 5.97 Å². The third kappa shape index (κ3) is 3.37. The van der Waals surface area contributed by atoms with Gasteiger partial charge in [0.25, 0.3) is 5.69 Å². The number of hydrogen-bond donors (Lipinski definition) is 1. The molecule has 0 aromatic heterocycles. The van der Waals surface area contributed by atoms with Crippen LogP contribution >= 0.6 is 0 Å². The van der Waals surface area contributed by atoms with E-state index < -0.39 is 10.9 Å². The third-order valence-electron chi connectivity index (χ3n) is 3.22. The highest BCUT2D eigenvalue weighted by molar-refractivity contribution is 5.76. The van der Waals surface area contributed by atoms with Crippen LogP contribution in [-0.2, 0) is 4.79 Å². The Morgan fingerprint density at radius 1 is 1.55 bits per heavy atom. The number of carboxylic acids is 1. The maximum absolute atomic E-state index is 11.2. The van der Waals surface area contributed by atoms with Gasteiger partial charge in [0.05, 0.1) is 18.1 Å². The number of hydrogen-bond acceptors (Lipinski definition) is 5. The van der Waals surface area contributed by atoms with Crippen LogP contribution in [0.1, 0.15) is 12.8 Å². The number of carbonyl (C=O) groups is 1. The van der Waals surface area contributed by atoms with Crippen LogP contribution in [-0.4, -0.2) is 36.2 Å². The minimum absolute atomic E-state index is 0.133. The first-order valence-corrected chi connectivity index (χ1v) is 6.30. The largest absolute Gasteiger partial charge is 0.496 e. The predicted molar refractivity (Wildman–Crippen MR) is 72.2 cm³/mol. The molecule has 0 aliphatic heterocycles. The molecule has 1 saturated carbocycles. The first-order valence-electron chi connectivity index (χ1n) is 6.30. The van der Waals surface area contributed by atoms with Gasteiger partial charge in [-0.05, 0) is 30.9 Å². The molecule has 0 atom stereocenters. The molecule has 1 fully saturated rings. The highest BCUT2D eigenvalue weighted by Gasteiger charge is 2.29. The van der Waals surface area contributed by atoms with Crippen molar-refractivity contribution < 1.29 is 19.6 Å². The van der Waals surface area contributed by atoms with E-state index in [1.807, 2.05) is 0 Å². The monoisotopic (exact) mass is 280 g/mol. The Balaban J connectivity index is 2.34. The van der Waals surface area contributed by atoms with Gasteiger partial charge in [0, 0.05) is 6.54 Å². The van der Waals surface area contributed by atoms with E-state index in [0.29, 0.717) is 23.9 Å². The minimum atomic E-state index is -1.00. The number of nitro groups is 1. The van der Waals surface area contributed by atoms with Crippen LogP contribution in [0, 0.1) is 16.0 Å². The maximum atomic E-state index is 11.2. The Labute approximate surface area is 115 Å². The molecule has 108 valence electrons. The van der Waals surface area contributed by atoms with Gasteiger partial charge in [-0.3, -0.25) is 14.9 Å². The van der Waals surface area contributed by atoms with E-state index in [2.05, 4.69) is 0 Å². The summed E-state index contributed by atoms with van der Waals surface area (Å²) in [6, 6.07) is 4.46. The molecule has 1 N–H and O–H groups in total. The third-order valence-corrected chi connectivity index (χ3v) is 3.22. The highest BCUT2D eigenvalue weighted by atomic mass is 16.6. The molecule has 7 heteroatoms. The van der Waals surface area contributed by atoms with Crippen molar-refractivity contribution in [3.8, 4) is 5.75 Å². The number of anilines is 1. The van der Waals surface area contributed by atoms with Crippen molar-refractivity contribution in [1.82, 2.24) is 0 Å². The Kier molecular flexibility index (Phi) is 4.07. The molecule has 1 aromatic rings. The summed E-state index contributed by atoms with van der Waals surface area (Å²) < 4.78 is 4.97. The highest BCUT2D eigenvalue weighted by Crippen LogP contribution is 2.36. The van der Waals surface area contributed by atoms with E-state index in [1.54, 1.807) is 17.0 Å². The van der Waals surface area contributed by atoms with Crippen LogP contribution in [0.4, 0.5) is 11.4 Å². The number of aliphatic carboxylic acids is 1. The molecule has 0 radical (unpaired) electrons. The smallest absolute Gasteiger partial charge is 0.323 e. The molecule has 0 amide bonds. The molecular formula is C13H16N2O5. The zero-order chi connectivity index (χ0) is 14.7. The average molecular weight is 280 g/mol. The van der Waals surface area contributed by atoms with Gasteiger partial charge in [0.15, 0.2) is 0 Å². The maximum Gasteiger partial charge on any atom is 0.323 e. The molecular weight excluding hydrogens is 264 g/mol. The van der Waals surface area contributed by atoms with E-state index >= 15 is 0 Å². The first kappa shape index (κ1) is 14.1. The molecule has 1 aliphatic carbocycles. The lowest BCUT2D eigenvalue weighted by Gasteiger charge is -2.22. The van der Waals surface area contributed by atoms with Crippen LogP contribution in [0.25, 0.3) is 0 Å². The number of rotatable bonds is 7. The SMILES string of the molecule is COc1ccc(N(CC(=O)O)CC2CC2)c([N+](=O)[O-])c1. The Bertz CT molecular complexity index is 527. The number of methoxy groups -OCH3 is 1. The number of nitrogens with zero attached hydrogens (tertiary/aromatic N) is 2. The van der Waals surface area contributed by atoms with Crippen LogP contribution in [0.3, 0.4) is 0 Å². The summed E-state index contributed by atoms with van der Waals surface area (Å²) in [6.07, 6.45) is 2.08. The quantitative estimate of drug-likeness (QED) is 0.605.